The normalized spacial score (nSPS) is 10.7. The average Bonchev–Trinajstić information content (AvgIpc) is 2.43. The number of aromatic nitrogens is 2. The van der Waals surface area contributed by atoms with Gasteiger partial charge >= 0.3 is 0 Å². The largest absolute Gasteiger partial charge is 0.369 e. The molecule has 21 heavy (non-hydrogen) atoms. The van der Waals surface area contributed by atoms with E-state index in [0.717, 1.165) is 18.9 Å². The highest BCUT2D eigenvalue weighted by atomic mass is 35.5. The molecule has 0 aliphatic carbocycles. The molecule has 0 aliphatic rings. The van der Waals surface area contributed by atoms with Gasteiger partial charge in [0, 0.05) is 24.8 Å². The highest BCUT2D eigenvalue weighted by Crippen LogP contribution is 2.22. The highest BCUT2D eigenvalue weighted by Gasteiger charge is 2.03. The van der Waals surface area contributed by atoms with Gasteiger partial charge in [-0.3, -0.25) is 0 Å². The van der Waals surface area contributed by atoms with Crippen LogP contribution in [0.25, 0.3) is 0 Å². The van der Waals surface area contributed by atoms with Crippen molar-refractivity contribution in [1.29, 1.82) is 0 Å². The molecule has 2 aromatic rings. The smallest absolute Gasteiger partial charge is 0.141 e. The molecule has 1 aromatic carbocycles. The lowest BCUT2D eigenvalue weighted by molar-refractivity contribution is 0.425. The molecule has 5 nitrogen and oxygen atoms in total. The fraction of sp³-hybridized carbons (Fsp3) is 0.286. The standard InChI is InChI=1S/C14H17ClFN5/c1-21(2)6-5-17-13-8-14(19-9-18-13)20-10-3-4-12(16)11(15)7-10/h3-4,7-9H,5-6H2,1-2H3,(H2,17,18,19,20). The number of rotatable bonds is 6. The average molecular weight is 310 g/mol. The Hall–Kier alpha value is -1.92. The van der Waals surface area contributed by atoms with E-state index in [9.17, 15) is 4.39 Å². The van der Waals surface area contributed by atoms with Crippen molar-refractivity contribution in [2.45, 2.75) is 0 Å². The fourth-order valence-corrected chi connectivity index (χ4v) is 1.83. The number of benzene rings is 1. The zero-order valence-corrected chi connectivity index (χ0v) is 12.7. The van der Waals surface area contributed by atoms with Crippen LogP contribution in [-0.4, -0.2) is 42.1 Å². The van der Waals surface area contributed by atoms with Gasteiger partial charge in [-0.25, -0.2) is 14.4 Å². The van der Waals surface area contributed by atoms with Crippen LogP contribution in [0.15, 0.2) is 30.6 Å². The monoisotopic (exact) mass is 309 g/mol. The van der Waals surface area contributed by atoms with Gasteiger partial charge in [0.15, 0.2) is 0 Å². The third-order valence-corrected chi connectivity index (χ3v) is 3.01. The van der Waals surface area contributed by atoms with Gasteiger partial charge in [-0.1, -0.05) is 11.6 Å². The molecule has 0 bridgehead atoms. The summed E-state index contributed by atoms with van der Waals surface area (Å²) < 4.78 is 13.1. The summed E-state index contributed by atoms with van der Waals surface area (Å²) in [5, 5.41) is 6.33. The van der Waals surface area contributed by atoms with Gasteiger partial charge < -0.3 is 15.5 Å². The third kappa shape index (κ3) is 4.84. The molecular formula is C14H17ClFN5. The Morgan fingerprint density at radius 2 is 1.95 bits per heavy atom. The van der Waals surface area contributed by atoms with Gasteiger partial charge in [0.1, 0.15) is 23.8 Å². The quantitative estimate of drug-likeness (QED) is 0.859. The van der Waals surface area contributed by atoms with Crippen molar-refractivity contribution < 1.29 is 4.39 Å². The van der Waals surface area contributed by atoms with E-state index in [-0.39, 0.29) is 5.02 Å². The number of likely N-dealkylation sites (N-methyl/N-ethyl adjacent to an activating group) is 1. The van der Waals surface area contributed by atoms with Crippen LogP contribution < -0.4 is 10.6 Å². The topological polar surface area (TPSA) is 53.1 Å². The molecule has 1 heterocycles. The zero-order chi connectivity index (χ0) is 15.2. The molecule has 0 fully saturated rings. The number of hydrogen-bond donors (Lipinski definition) is 2. The summed E-state index contributed by atoms with van der Waals surface area (Å²) >= 11 is 5.74. The predicted molar refractivity (Wildman–Crippen MR) is 83.8 cm³/mol. The van der Waals surface area contributed by atoms with E-state index >= 15 is 0 Å². The fourth-order valence-electron chi connectivity index (χ4n) is 1.65. The summed E-state index contributed by atoms with van der Waals surface area (Å²) in [7, 11) is 4.01. The molecule has 0 amide bonds. The maximum atomic E-state index is 13.1. The Balaban J connectivity index is 2.01. The first-order chi connectivity index (χ1) is 10.0. The maximum Gasteiger partial charge on any atom is 0.141 e. The van der Waals surface area contributed by atoms with Crippen LogP contribution in [0.3, 0.4) is 0 Å². The third-order valence-electron chi connectivity index (χ3n) is 2.72. The first kappa shape index (κ1) is 15.5. The molecule has 0 saturated carbocycles. The molecule has 7 heteroatoms. The number of halogens is 2. The van der Waals surface area contributed by atoms with Crippen molar-refractivity contribution in [3.8, 4) is 0 Å². The van der Waals surface area contributed by atoms with E-state index < -0.39 is 5.82 Å². The molecular weight excluding hydrogens is 293 g/mol. The maximum absolute atomic E-state index is 13.1. The van der Waals surface area contributed by atoms with Crippen LogP contribution in [-0.2, 0) is 0 Å². The molecule has 0 aliphatic heterocycles. The van der Waals surface area contributed by atoms with Gasteiger partial charge in [0.2, 0.25) is 0 Å². The van der Waals surface area contributed by atoms with Gasteiger partial charge in [0.05, 0.1) is 5.02 Å². The van der Waals surface area contributed by atoms with Crippen molar-refractivity contribution in [2.24, 2.45) is 0 Å². The number of hydrogen-bond acceptors (Lipinski definition) is 5. The number of nitrogens with zero attached hydrogens (tertiary/aromatic N) is 3. The summed E-state index contributed by atoms with van der Waals surface area (Å²) in [6, 6.07) is 6.20. The Labute approximate surface area is 128 Å². The summed E-state index contributed by atoms with van der Waals surface area (Å²) in [5.41, 5.74) is 0.666. The van der Waals surface area contributed by atoms with E-state index in [1.54, 1.807) is 12.1 Å². The van der Waals surface area contributed by atoms with Crippen LogP contribution in [0.5, 0.6) is 0 Å². The summed E-state index contributed by atoms with van der Waals surface area (Å²) in [4.78, 5) is 10.3. The van der Waals surface area contributed by atoms with Crippen molar-refractivity contribution in [1.82, 2.24) is 14.9 Å². The minimum Gasteiger partial charge on any atom is -0.369 e. The Kier molecular flexibility index (Phi) is 5.30. The molecule has 0 spiro atoms. The van der Waals surface area contributed by atoms with Gasteiger partial charge in [-0.05, 0) is 32.3 Å². The van der Waals surface area contributed by atoms with Gasteiger partial charge in [-0.2, -0.15) is 0 Å². The summed E-state index contributed by atoms with van der Waals surface area (Å²) in [5.74, 6) is 0.888. The number of nitrogens with one attached hydrogen (secondary N) is 2. The Morgan fingerprint density at radius 3 is 2.67 bits per heavy atom. The first-order valence-corrected chi connectivity index (χ1v) is 6.85. The van der Waals surface area contributed by atoms with Gasteiger partial charge in [0.25, 0.3) is 0 Å². The van der Waals surface area contributed by atoms with Crippen LogP contribution in [0.1, 0.15) is 0 Å². The molecule has 0 radical (unpaired) electrons. The van der Waals surface area contributed by atoms with E-state index in [1.165, 1.54) is 18.5 Å². The lowest BCUT2D eigenvalue weighted by Gasteiger charge is -2.11. The molecule has 0 unspecified atom stereocenters. The molecule has 0 saturated heterocycles. The SMILES string of the molecule is CN(C)CCNc1cc(Nc2ccc(F)c(Cl)c2)ncn1. The van der Waals surface area contributed by atoms with Gasteiger partial charge in [-0.15, -0.1) is 0 Å². The van der Waals surface area contributed by atoms with E-state index in [0.29, 0.717) is 11.5 Å². The molecule has 2 N–H and O–H groups in total. The van der Waals surface area contributed by atoms with E-state index in [1.807, 2.05) is 14.1 Å². The Bertz CT molecular complexity index is 606. The van der Waals surface area contributed by atoms with Crippen LogP contribution in [0.4, 0.5) is 21.7 Å². The highest BCUT2D eigenvalue weighted by molar-refractivity contribution is 6.31. The van der Waals surface area contributed by atoms with E-state index in [2.05, 4.69) is 25.5 Å². The first-order valence-electron chi connectivity index (χ1n) is 6.47. The minimum atomic E-state index is -0.448. The van der Waals surface area contributed by atoms with Crippen molar-refractivity contribution in [3.63, 3.8) is 0 Å². The zero-order valence-electron chi connectivity index (χ0n) is 11.9. The summed E-state index contributed by atoms with van der Waals surface area (Å²) in [6.07, 6.45) is 1.46. The summed E-state index contributed by atoms with van der Waals surface area (Å²) in [6.45, 7) is 1.69. The molecule has 1 aromatic heterocycles. The lowest BCUT2D eigenvalue weighted by atomic mass is 10.3. The second kappa shape index (κ2) is 7.19. The second-order valence-electron chi connectivity index (χ2n) is 4.77. The molecule has 2 rings (SSSR count). The number of anilines is 3. The van der Waals surface area contributed by atoms with Crippen LogP contribution in [0, 0.1) is 5.82 Å². The van der Waals surface area contributed by atoms with Crippen molar-refractivity contribution in [2.75, 3.05) is 37.8 Å². The molecule has 112 valence electrons. The van der Waals surface area contributed by atoms with Crippen LogP contribution in [0.2, 0.25) is 5.02 Å². The van der Waals surface area contributed by atoms with Crippen molar-refractivity contribution >= 4 is 28.9 Å². The van der Waals surface area contributed by atoms with Crippen LogP contribution >= 0.6 is 11.6 Å². The Morgan fingerprint density at radius 1 is 1.19 bits per heavy atom. The van der Waals surface area contributed by atoms with E-state index in [4.69, 9.17) is 11.6 Å². The minimum absolute atomic E-state index is 0.0680. The second-order valence-corrected chi connectivity index (χ2v) is 5.18. The van der Waals surface area contributed by atoms with Crippen molar-refractivity contribution in [3.05, 3.63) is 41.4 Å². The lowest BCUT2D eigenvalue weighted by Crippen LogP contribution is -2.21. The molecule has 0 atom stereocenters. The predicted octanol–water partition coefficient (Wildman–Crippen LogP) is 2.99.